The maximum Gasteiger partial charge on any atom is 0.341 e. The number of nitro groups is 1. The Balaban J connectivity index is 0.00000385. The summed E-state index contributed by atoms with van der Waals surface area (Å²) in [4.78, 5) is 11.9. The van der Waals surface area contributed by atoms with Crippen LogP contribution in [0.2, 0.25) is 5.02 Å². The molecule has 0 spiro atoms. The highest BCUT2D eigenvalue weighted by molar-refractivity contribution is 7.87. The minimum absolute atomic E-state index is 0. The molecule has 1 saturated heterocycles. The van der Waals surface area contributed by atoms with Crippen molar-refractivity contribution in [2.75, 3.05) is 20.2 Å². The Labute approximate surface area is 203 Å². The van der Waals surface area contributed by atoms with Crippen molar-refractivity contribution in [1.29, 1.82) is 0 Å². The third-order valence-electron chi connectivity index (χ3n) is 5.24. The zero-order chi connectivity index (χ0) is 23.5. The van der Waals surface area contributed by atoms with Crippen LogP contribution in [0.3, 0.4) is 0 Å². The fraction of sp³-hybridized carbons (Fsp3) is 0.350. The summed E-state index contributed by atoms with van der Waals surface area (Å²) >= 11 is 6.00. The fourth-order valence-electron chi connectivity index (χ4n) is 3.77. The highest BCUT2D eigenvalue weighted by Gasteiger charge is 2.30. The van der Waals surface area contributed by atoms with E-state index in [9.17, 15) is 18.5 Å². The molecule has 10 nitrogen and oxygen atoms in total. The molecule has 0 saturated carbocycles. The van der Waals surface area contributed by atoms with Gasteiger partial charge in [-0.2, -0.15) is 13.5 Å². The van der Waals surface area contributed by atoms with E-state index in [0.29, 0.717) is 5.75 Å². The van der Waals surface area contributed by atoms with Gasteiger partial charge in [-0.3, -0.25) is 10.1 Å². The molecule has 13 heteroatoms. The Kier molecular flexibility index (Phi) is 8.76. The fourth-order valence-corrected chi connectivity index (χ4v) is 5.26. The molecule has 1 aliphatic rings. The average molecular weight is 519 g/mol. The first-order chi connectivity index (χ1) is 15.2. The van der Waals surface area contributed by atoms with Gasteiger partial charge in [0.1, 0.15) is 16.3 Å². The molecule has 1 aliphatic heterocycles. The van der Waals surface area contributed by atoms with Crippen LogP contribution < -0.4 is 14.8 Å². The molecule has 0 radical (unpaired) electrons. The van der Waals surface area contributed by atoms with E-state index in [1.165, 1.54) is 13.2 Å². The lowest BCUT2D eigenvalue weighted by molar-refractivity contribution is -0.384. The molecule has 0 aromatic heterocycles. The Morgan fingerprint density at radius 1 is 1.30 bits per heavy atom. The SMILES string of the molecule is COc1c(OS(=O)(=O)c2cccc([N+](=O)[O-])c2Cl)cc(C)cc1C1CCN(C=NN)CC1.Cl. The summed E-state index contributed by atoms with van der Waals surface area (Å²) in [5, 5.41) is 14.2. The Morgan fingerprint density at radius 3 is 2.55 bits per heavy atom. The number of hydrogen-bond acceptors (Lipinski definition) is 8. The molecule has 1 heterocycles. The van der Waals surface area contributed by atoms with Crippen LogP contribution in [0.5, 0.6) is 11.5 Å². The van der Waals surface area contributed by atoms with Gasteiger partial charge in [-0.25, -0.2) is 0 Å². The van der Waals surface area contributed by atoms with Crippen LogP contribution in [0.1, 0.15) is 29.9 Å². The maximum absolute atomic E-state index is 13.0. The summed E-state index contributed by atoms with van der Waals surface area (Å²) in [6.07, 6.45) is 3.16. The van der Waals surface area contributed by atoms with Crippen molar-refractivity contribution in [1.82, 2.24) is 4.90 Å². The van der Waals surface area contributed by atoms with Crippen LogP contribution in [0.4, 0.5) is 5.69 Å². The third-order valence-corrected chi connectivity index (χ3v) is 7.03. The Hall–Kier alpha value is -2.76. The lowest BCUT2D eigenvalue weighted by Crippen LogP contribution is -2.32. The van der Waals surface area contributed by atoms with Crippen molar-refractivity contribution in [3.63, 3.8) is 0 Å². The van der Waals surface area contributed by atoms with Crippen molar-refractivity contribution in [3.8, 4) is 11.5 Å². The number of methoxy groups -OCH3 is 1. The molecule has 33 heavy (non-hydrogen) atoms. The first-order valence-corrected chi connectivity index (χ1v) is 11.5. The van der Waals surface area contributed by atoms with Gasteiger partial charge < -0.3 is 19.7 Å². The monoisotopic (exact) mass is 518 g/mol. The lowest BCUT2D eigenvalue weighted by Gasteiger charge is -2.31. The van der Waals surface area contributed by atoms with Gasteiger partial charge in [-0.15, -0.1) is 12.4 Å². The molecular formula is C20H24Cl2N4O6S. The molecule has 2 N–H and O–H groups in total. The molecule has 1 fully saturated rings. The predicted molar refractivity (Wildman–Crippen MR) is 127 cm³/mol. The summed E-state index contributed by atoms with van der Waals surface area (Å²) in [5.41, 5.74) is 1.08. The minimum Gasteiger partial charge on any atom is -0.492 e. The van der Waals surface area contributed by atoms with Gasteiger partial charge in [0.15, 0.2) is 11.5 Å². The molecule has 0 bridgehead atoms. The van der Waals surface area contributed by atoms with E-state index in [0.717, 1.165) is 49.2 Å². The lowest BCUT2D eigenvalue weighted by atomic mass is 9.88. The molecule has 2 aromatic carbocycles. The number of likely N-dealkylation sites (tertiary alicyclic amines) is 1. The molecular weight excluding hydrogens is 495 g/mol. The number of nitrogens with two attached hydrogens (primary N) is 1. The predicted octanol–water partition coefficient (Wildman–Crippen LogP) is 3.84. The van der Waals surface area contributed by atoms with Gasteiger partial charge in [0.05, 0.1) is 12.0 Å². The van der Waals surface area contributed by atoms with Crippen molar-refractivity contribution in [3.05, 3.63) is 56.6 Å². The number of aryl methyl sites for hydroxylation is 1. The molecule has 180 valence electrons. The summed E-state index contributed by atoms with van der Waals surface area (Å²) < 4.78 is 36.9. The molecule has 0 amide bonds. The van der Waals surface area contributed by atoms with Crippen LogP contribution in [-0.2, 0) is 10.1 Å². The van der Waals surface area contributed by atoms with Crippen molar-refractivity contribution in [2.45, 2.75) is 30.6 Å². The zero-order valence-electron chi connectivity index (χ0n) is 17.9. The summed E-state index contributed by atoms with van der Waals surface area (Å²) in [6.45, 7) is 3.29. The average Bonchev–Trinajstić information content (AvgIpc) is 2.73. The first-order valence-electron chi connectivity index (χ1n) is 9.71. The van der Waals surface area contributed by atoms with E-state index in [1.54, 1.807) is 12.4 Å². The van der Waals surface area contributed by atoms with Gasteiger partial charge >= 0.3 is 10.1 Å². The number of piperidine rings is 1. The van der Waals surface area contributed by atoms with Gasteiger partial charge in [-0.05, 0) is 43.4 Å². The van der Waals surface area contributed by atoms with Gasteiger partial charge in [0.2, 0.25) is 0 Å². The summed E-state index contributed by atoms with van der Waals surface area (Å²) in [6, 6.07) is 6.99. The third kappa shape index (κ3) is 5.79. The Bertz CT molecular complexity index is 1150. The van der Waals surface area contributed by atoms with E-state index in [-0.39, 0.29) is 24.1 Å². The largest absolute Gasteiger partial charge is 0.492 e. The van der Waals surface area contributed by atoms with E-state index in [1.807, 2.05) is 17.9 Å². The second-order valence-electron chi connectivity index (χ2n) is 7.34. The normalized spacial score (nSPS) is 14.7. The van der Waals surface area contributed by atoms with Crippen LogP contribution in [0.25, 0.3) is 0 Å². The molecule has 0 atom stereocenters. The molecule has 3 rings (SSSR count). The number of ether oxygens (including phenoxy) is 1. The van der Waals surface area contributed by atoms with E-state index >= 15 is 0 Å². The maximum atomic E-state index is 13.0. The number of halogens is 2. The number of rotatable bonds is 7. The molecule has 0 aliphatic carbocycles. The number of hydrogen-bond donors (Lipinski definition) is 1. The topological polar surface area (TPSA) is 137 Å². The van der Waals surface area contributed by atoms with Crippen LogP contribution in [0, 0.1) is 17.0 Å². The van der Waals surface area contributed by atoms with Crippen molar-refractivity contribution >= 4 is 46.2 Å². The van der Waals surface area contributed by atoms with Crippen LogP contribution in [0.15, 0.2) is 40.3 Å². The smallest absolute Gasteiger partial charge is 0.341 e. The van der Waals surface area contributed by atoms with Crippen LogP contribution >= 0.6 is 24.0 Å². The standard InChI is InChI=1S/C20H23ClN4O6S.ClH/c1-13-10-15(14-6-8-24(9-7-14)12-23-22)20(30-2)17(11-13)31-32(28,29)18-5-3-4-16(19(18)21)25(26)27;/h3-5,10-12,14H,6-9,22H2,1-2H3;1H. The first kappa shape index (κ1) is 26.5. The van der Waals surface area contributed by atoms with Crippen molar-refractivity contribution < 1.29 is 22.3 Å². The summed E-state index contributed by atoms with van der Waals surface area (Å²) in [7, 11) is -3.03. The zero-order valence-corrected chi connectivity index (χ0v) is 20.3. The molecule has 0 unspecified atom stereocenters. The summed E-state index contributed by atoms with van der Waals surface area (Å²) in [5.74, 6) is 5.63. The highest BCUT2D eigenvalue weighted by atomic mass is 35.5. The van der Waals surface area contributed by atoms with Gasteiger partial charge in [0, 0.05) is 24.7 Å². The quantitative estimate of drug-likeness (QED) is 0.146. The van der Waals surface area contributed by atoms with E-state index in [2.05, 4.69) is 5.10 Å². The second kappa shape index (κ2) is 10.9. The van der Waals surface area contributed by atoms with E-state index in [4.69, 9.17) is 26.4 Å². The second-order valence-corrected chi connectivity index (χ2v) is 9.24. The number of hydrazone groups is 1. The Morgan fingerprint density at radius 2 is 1.97 bits per heavy atom. The van der Waals surface area contributed by atoms with Crippen molar-refractivity contribution in [2.24, 2.45) is 10.9 Å². The minimum atomic E-state index is -4.47. The van der Waals surface area contributed by atoms with E-state index < -0.39 is 30.6 Å². The molecule has 2 aromatic rings. The highest BCUT2D eigenvalue weighted by Crippen LogP contribution is 2.42. The number of nitrogens with zero attached hydrogens (tertiary/aromatic N) is 3. The van der Waals surface area contributed by atoms with Crippen LogP contribution in [-0.4, -0.2) is 44.8 Å². The van der Waals surface area contributed by atoms with Gasteiger partial charge in [-0.1, -0.05) is 23.7 Å². The number of benzene rings is 2. The number of nitro benzene ring substituents is 1. The van der Waals surface area contributed by atoms with Gasteiger partial charge in [0.25, 0.3) is 5.69 Å².